The summed E-state index contributed by atoms with van der Waals surface area (Å²) >= 11 is 6.28. The molecule has 0 bridgehead atoms. The Morgan fingerprint density at radius 3 is 3.18 bits per heavy atom. The normalized spacial score (nSPS) is 25.1. The number of halogens is 1. The zero-order valence-electron chi connectivity index (χ0n) is 10.4. The van der Waals surface area contributed by atoms with Crippen LogP contribution in [0.3, 0.4) is 0 Å². The molecule has 1 saturated heterocycles. The van der Waals surface area contributed by atoms with Gasteiger partial charge in [-0.1, -0.05) is 18.5 Å². The maximum Gasteiger partial charge on any atom is 0.0820 e. The van der Waals surface area contributed by atoms with Gasteiger partial charge in [-0.3, -0.25) is 4.68 Å². The quantitative estimate of drug-likeness (QED) is 0.896. The molecule has 0 aliphatic carbocycles. The van der Waals surface area contributed by atoms with E-state index in [1.807, 2.05) is 4.68 Å². The third-order valence-corrected chi connectivity index (χ3v) is 3.77. The number of aromatic nitrogens is 2. The Morgan fingerprint density at radius 1 is 1.65 bits per heavy atom. The first-order valence-electron chi connectivity index (χ1n) is 6.15. The highest BCUT2D eigenvalue weighted by atomic mass is 35.5. The van der Waals surface area contributed by atoms with Crippen molar-refractivity contribution in [3.8, 4) is 0 Å². The van der Waals surface area contributed by atoms with E-state index in [1.54, 1.807) is 13.3 Å². The molecule has 4 nitrogen and oxygen atoms in total. The van der Waals surface area contributed by atoms with E-state index < -0.39 is 0 Å². The van der Waals surface area contributed by atoms with Crippen molar-refractivity contribution in [3.63, 3.8) is 0 Å². The molecule has 0 amide bonds. The van der Waals surface area contributed by atoms with Gasteiger partial charge in [-0.2, -0.15) is 5.10 Å². The molecule has 2 atom stereocenters. The SMILES string of the molecule is COCCn1ncc(Cl)c1C1CCNCC1C. The van der Waals surface area contributed by atoms with Crippen LogP contribution in [0.2, 0.25) is 5.02 Å². The highest BCUT2D eigenvalue weighted by molar-refractivity contribution is 6.31. The lowest BCUT2D eigenvalue weighted by Crippen LogP contribution is -2.35. The molecule has 0 aromatic carbocycles. The fourth-order valence-corrected chi connectivity index (χ4v) is 2.80. The molecular formula is C12H20ClN3O. The van der Waals surface area contributed by atoms with E-state index in [0.717, 1.165) is 31.1 Å². The van der Waals surface area contributed by atoms with Crippen molar-refractivity contribution in [1.82, 2.24) is 15.1 Å². The highest BCUT2D eigenvalue weighted by Gasteiger charge is 2.27. The van der Waals surface area contributed by atoms with Gasteiger partial charge in [0, 0.05) is 13.0 Å². The minimum atomic E-state index is 0.503. The summed E-state index contributed by atoms with van der Waals surface area (Å²) in [5.41, 5.74) is 1.18. The van der Waals surface area contributed by atoms with Crippen LogP contribution >= 0.6 is 11.6 Å². The molecule has 1 fully saturated rings. The number of nitrogens with one attached hydrogen (secondary N) is 1. The molecule has 1 aliphatic heterocycles. The van der Waals surface area contributed by atoms with Gasteiger partial charge in [-0.05, 0) is 25.4 Å². The van der Waals surface area contributed by atoms with Crippen molar-refractivity contribution in [3.05, 3.63) is 16.9 Å². The van der Waals surface area contributed by atoms with Crippen LogP contribution in [0, 0.1) is 5.92 Å². The van der Waals surface area contributed by atoms with Crippen LogP contribution < -0.4 is 5.32 Å². The minimum Gasteiger partial charge on any atom is -0.383 e. The molecule has 0 radical (unpaired) electrons. The van der Waals surface area contributed by atoms with Crippen molar-refractivity contribution in [2.24, 2.45) is 5.92 Å². The van der Waals surface area contributed by atoms with Crippen molar-refractivity contribution in [2.75, 3.05) is 26.8 Å². The van der Waals surface area contributed by atoms with Crippen LogP contribution in [0.1, 0.15) is 25.0 Å². The largest absolute Gasteiger partial charge is 0.383 e. The average Bonchev–Trinajstić information content (AvgIpc) is 2.69. The van der Waals surface area contributed by atoms with Gasteiger partial charge in [-0.15, -0.1) is 0 Å². The summed E-state index contributed by atoms with van der Waals surface area (Å²) in [5, 5.41) is 8.55. The number of hydrogen-bond acceptors (Lipinski definition) is 3. The zero-order chi connectivity index (χ0) is 12.3. The maximum atomic E-state index is 6.28. The molecule has 17 heavy (non-hydrogen) atoms. The first-order chi connectivity index (χ1) is 8.24. The van der Waals surface area contributed by atoms with E-state index in [9.17, 15) is 0 Å². The fourth-order valence-electron chi connectivity index (χ4n) is 2.52. The van der Waals surface area contributed by atoms with Crippen LogP contribution in [0.4, 0.5) is 0 Å². The monoisotopic (exact) mass is 257 g/mol. The predicted molar refractivity (Wildman–Crippen MR) is 68.5 cm³/mol. The van der Waals surface area contributed by atoms with E-state index >= 15 is 0 Å². The number of piperidine rings is 1. The van der Waals surface area contributed by atoms with E-state index in [0.29, 0.717) is 18.4 Å². The topological polar surface area (TPSA) is 39.1 Å². The summed E-state index contributed by atoms with van der Waals surface area (Å²) in [6.07, 6.45) is 2.88. The third kappa shape index (κ3) is 2.81. The number of nitrogens with zero attached hydrogens (tertiary/aromatic N) is 2. The Kier molecular flexibility index (Phi) is 4.42. The second kappa shape index (κ2) is 5.85. The van der Waals surface area contributed by atoms with E-state index in [2.05, 4.69) is 17.3 Å². The van der Waals surface area contributed by atoms with Gasteiger partial charge in [0.25, 0.3) is 0 Å². The summed E-state index contributed by atoms with van der Waals surface area (Å²) in [4.78, 5) is 0. The Hall–Kier alpha value is -0.580. The fraction of sp³-hybridized carbons (Fsp3) is 0.750. The average molecular weight is 258 g/mol. The number of methoxy groups -OCH3 is 1. The number of ether oxygens (including phenoxy) is 1. The minimum absolute atomic E-state index is 0.503. The maximum absolute atomic E-state index is 6.28. The smallest absolute Gasteiger partial charge is 0.0820 e. The molecule has 2 rings (SSSR count). The summed E-state index contributed by atoms with van der Waals surface area (Å²) in [6.45, 7) is 5.82. The lowest BCUT2D eigenvalue weighted by molar-refractivity contribution is 0.180. The lowest BCUT2D eigenvalue weighted by Gasteiger charge is -2.30. The van der Waals surface area contributed by atoms with Crippen molar-refractivity contribution < 1.29 is 4.74 Å². The molecule has 1 aromatic heterocycles. The van der Waals surface area contributed by atoms with Gasteiger partial charge in [0.15, 0.2) is 0 Å². The highest BCUT2D eigenvalue weighted by Crippen LogP contribution is 2.34. The third-order valence-electron chi connectivity index (χ3n) is 3.48. The van der Waals surface area contributed by atoms with E-state index in [4.69, 9.17) is 16.3 Å². The number of hydrogen-bond donors (Lipinski definition) is 1. The van der Waals surface area contributed by atoms with Crippen LogP contribution in [0.15, 0.2) is 6.20 Å². The summed E-state index contributed by atoms with van der Waals surface area (Å²) in [5.74, 6) is 1.10. The van der Waals surface area contributed by atoms with Gasteiger partial charge in [-0.25, -0.2) is 0 Å². The molecule has 2 heterocycles. The molecular weight excluding hydrogens is 238 g/mol. The Balaban J connectivity index is 2.19. The summed E-state index contributed by atoms with van der Waals surface area (Å²) < 4.78 is 7.11. The first kappa shape index (κ1) is 12.9. The molecule has 2 unspecified atom stereocenters. The zero-order valence-corrected chi connectivity index (χ0v) is 11.2. The molecule has 96 valence electrons. The van der Waals surface area contributed by atoms with Crippen molar-refractivity contribution >= 4 is 11.6 Å². The van der Waals surface area contributed by atoms with Gasteiger partial charge in [0.1, 0.15) is 0 Å². The van der Waals surface area contributed by atoms with Crippen molar-refractivity contribution in [2.45, 2.75) is 25.8 Å². The molecule has 1 N–H and O–H groups in total. The Bertz CT molecular complexity index is 367. The predicted octanol–water partition coefficient (Wildman–Crippen LogP) is 1.90. The van der Waals surface area contributed by atoms with Gasteiger partial charge in [0.2, 0.25) is 0 Å². The molecule has 1 aromatic rings. The Labute approximate surface area is 107 Å². The van der Waals surface area contributed by atoms with E-state index in [-0.39, 0.29) is 0 Å². The molecule has 1 aliphatic rings. The van der Waals surface area contributed by atoms with Crippen LogP contribution in [-0.4, -0.2) is 36.6 Å². The summed E-state index contributed by atoms with van der Waals surface area (Å²) in [7, 11) is 1.71. The second-order valence-corrected chi connectivity index (χ2v) is 5.08. The Morgan fingerprint density at radius 2 is 2.47 bits per heavy atom. The summed E-state index contributed by atoms with van der Waals surface area (Å²) in [6, 6.07) is 0. The van der Waals surface area contributed by atoms with Crippen LogP contribution in [0.25, 0.3) is 0 Å². The van der Waals surface area contributed by atoms with Crippen LogP contribution in [-0.2, 0) is 11.3 Å². The molecule has 5 heteroatoms. The van der Waals surface area contributed by atoms with Gasteiger partial charge < -0.3 is 10.1 Å². The van der Waals surface area contributed by atoms with Crippen molar-refractivity contribution in [1.29, 1.82) is 0 Å². The lowest BCUT2D eigenvalue weighted by atomic mass is 9.85. The number of rotatable bonds is 4. The van der Waals surface area contributed by atoms with E-state index in [1.165, 1.54) is 5.69 Å². The molecule has 0 spiro atoms. The second-order valence-electron chi connectivity index (χ2n) is 4.67. The molecule has 0 saturated carbocycles. The van der Waals surface area contributed by atoms with Gasteiger partial charge in [0.05, 0.1) is 30.1 Å². The van der Waals surface area contributed by atoms with Gasteiger partial charge >= 0.3 is 0 Å². The standard InChI is InChI=1S/C12H20ClN3O/c1-9-7-14-4-3-10(9)12-11(13)8-15-16(12)5-6-17-2/h8-10,14H,3-7H2,1-2H3. The first-order valence-corrected chi connectivity index (χ1v) is 6.52. The van der Waals surface area contributed by atoms with Crippen LogP contribution in [0.5, 0.6) is 0 Å².